The predicted octanol–water partition coefficient (Wildman–Crippen LogP) is 3.33. The Bertz CT molecular complexity index is 824. The molecule has 3 unspecified atom stereocenters. The quantitative estimate of drug-likeness (QED) is 0.468. The number of hydrogen-bond donors (Lipinski definition) is 1. The first kappa shape index (κ1) is 19.4. The minimum Gasteiger partial charge on any atom is -0.465 e. The molecule has 3 atom stereocenters. The lowest BCUT2D eigenvalue weighted by atomic mass is 9.95. The summed E-state index contributed by atoms with van der Waals surface area (Å²) in [6.07, 6.45) is 0.427. The van der Waals surface area contributed by atoms with Gasteiger partial charge in [-0.15, -0.1) is 11.6 Å². The van der Waals surface area contributed by atoms with Crippen LogP contribution in [0.15, 0.2) is 48.5 Å². The van der Waals surface area contributed by atoms with Crippen LogP contribution < -0.4 is 10.1 Å². The van der Waals surface area contributed by atoms with Gasteiger partial charge in [-0.05, 0) is 31.9 Å². The summed E-state index contributed by atoms with van der Waals surface area (Å²) < 4.78 is 10.5. The molecule has 0 aromatic heterocycles. The highest BCUT2D eigenvalue weighted by Crippen LogP contribution is 2.36. The van der Waals surface area contributed by atoms with Gasteiger partial charge >= 0.3 is 11.9 Å². The van der Waals surface area contributed by atoms with Crippen molar-refractivity contribution in [2.75, 3.05) is 6.61 Å². The fourth-order valence-corrected chi connectivity index (χ4v) is 3.41. The summed E-state index contributed by atoms with van der Waals surface area (Å²) >= 11 is 6.35. The maximum absolute atomic E-state index is 12.5. The van der Waals surface area contributed by atoms with Gasteiger partial charge in [0.05, 0.1) is 12.6 Å². The van der Waals surface area contributed by atoms with E-state index in [1.54, 1.807) is 13.0 Å². The molecule has 1 heterocycles. The van der Waals surface area contributed by atoms with E-state index in [9.17, 15) is 9.59 Å². The second-order valence-electron chi connectivity index (χ2n) is 6.50. The molecule has 2 aromatic carbocycles. The Morgan fingerprint density at radius 2 is 2.00 bits per heavy atom. The van der Waals surface area contributed by atoms with Gasteiger partial charge in [0.2, 0.25) is 0 Å². The molecule has 1 aliphatic heterocycles. The average molecular weight is 388 g/mol. The number of rotatable bonds is 6. The molecule has 0 fully saturated rings. The van der Waals surface area contributed by atoms with Crippen molar-refractivity contribution >= 4 is 23.5 Å². The predicted molar refractivity (Wildman–Crippen MR) is 103 cm³/mol. The van der Waals surface area contributed by atoms with Crippen LogP contribution in [0.5, 0.6) is 5.75 Å². The Balaban J connectivity index is 1.91. The van der Waals surface area contributed by atoms with E-state index in [1.807, 2.05) is 49.4 Å². The fraction of sp³-hybridized carbons (Fsp3) is 0.333. The van der Waals surface area contributed by atoms with Gasteiger partial charge in [-0.2, -0.15) is 0 Å². The fourth-order valence-electron chi connectivity index (χ4n) is 3.16. The maximum Gasteiger partial charge on any atom is 0.331 e. The molecule has 0 radical (unpaired) electrons. The zero-order chi connectivity index (χ0) is 19.4. The molecule has 1 aliphatic rings. The Labute approximate surface area is 163 Å². The van der Waals surface area contributed by atoms with Crippen molar-refractivity contribution < 1.29 is 19.1 Å². The van der Waals surface area contributed by atoms with Crippen LogP contribution in [0.2, 0.25) is 0 Å². The third kappa shape index (κ3) is 4.49. The van der Waals surface area contributed by atoms with E-state index in [2.05, 4.69) is 5.32 Å². The molecular weight excluding hydrogens is 366 g/mol. The monoisotopic (exact) mass is 387 g/mol. The molecule has 142 valence electrons. The second-order valence-corrected chi connectivity index (χ2v) is 6.97. The number of benzene rings is 2. The Morgan fingerprint density at radius 1 is 1.26 bits per heavy atom. The van der Waals surface area contributed by atoms with Crippen LogP contribution in [-0.2, 0) is 20.7 Å². The van der Waals surface area contributed by atoms with E-state index in [1.165, 1.54) is 0 Å². The molecule has 0 bridgehead atoms. The highest BCUT2D eigenvalue weighted by molar-refractivity contribution is 6.31. The van der Waals surface area contributed by atoms with Crippen molar-refractivity contribution in [3.63, 3.8) is 0 Å². The number of carbonyl (C=O) groups excluding carboxylic acids is 2. The van der Waals surface area contributed by atoms with E-state index >= 15 is 0 Å². The minimum absolute atomic E-state index is 0.276. The zero-order valence-corrected chi connectivity index (χ0v) is 16.0. The Morgan fingerprint density at radius 3 is 2.70 bits per heavy atom. The number of alkyl halides is 1. The lowest BCUT2D eigenvalue weighted by Crippen LogP contribution is -2.48. The second kappa shape index (κ2) is 8.55. The van der Waals surface area contributed by atoms with Gasteiger partial charge in [-0.25, -0.2) is 4.79 Å². The van der Waals surface area contributed by atoms with E-state index in [4.69, 9.17) is 21.1 Å². The molecule has 0 saturated heterocycles. The van der Waals surface area contributed by atoms with Crippen molar-refractivity contribution in [3.8, 4) is 5.75 Å². The van der Waals surface area contributed by atoms with Crippen molar-refractivity contribution in [1.29, 1.82) is 0 Å². The molecule has 2 aromatic rings. The lowest BCUT2D eigenvalue weighted by Gasteiger charge is -2.32. The summed E-state index contributed by atoms with van der Waals surface area (Å²) in [4.78, 5) is 24.7. The zero-order valence-electron chi connectivity index (χ0n) is 15.3. The van der Waals surface area contributed by atoms with Crippen molar-refractivity contribution in [2.45, 2.75) is 37.7 Å². The third-order valence-corrected chi connectivity index (χ3v) is 4.89. The summed E-state index contributed by atoms with van der Waals surface area (Å²) in [5.74, 6) is -0.450. The standard InChI is InChI=1S/C21H22ClNO4/c1-3-26-20(24)16(12-14-7-5-4-6-8-14)23-19-15-11-13(2)9-10-17(15)27-21(25)18(19)22/h4-11,16,18-19,23H,3,12H2,1-2H3. The summed E-state index contributed by atoms with van der Waals surface area (Å²) in [7, 11) is 0. The average Bonchev–Trinajstić information content (AvgIpc) is 2.66. The molecule has 6 heteroatoms. The first-order chi connectivity index (χ1) is 13.0. The summed E-state index contributed by atoms with van der Waals surface area (Å²) in [6, 6.07) is 14.0. The molecular formula is C21H22ClNO4. The largest absolute Gasteiger partial charge is 0.465 e. The van der Waals surface area contributed by atoms with Crippen molar-refractivity contribution in [2.24, 2.45) is 0 Å². The highest BCUT2D eigenvalue weighted by atomic mass is 35.5. The SMILES string of the molecule is CCOC(=O)C(Cc1ccccc1)NC1c2cc(C)ccc2OC(=O)C1Cl. The molecule has 0 saturated carbocycles. The molecule has 0 aliphatic carbocycles. The van der Waals surface area contributed by atoms with Gasteiger partial charge in [0, 0.05) is 5.56 Å². The van der Waals surface area contributed by atoms with Crippen LogP contribution in [0.25, 0.3) is 0 Å². The van der Waals surface area contributed by atoms with Crippen molar-refractivity contribution in [3.05, 3.63) is 65.2 Å². The molecule has 0 amide bonds. The van der Waals surface area contributed by atoms with Crippen LogP contribution in [-0.4, -0.2) is 30.0 Å². The van der Waals surface area contributed by atoms with Gasteiger partial charge in [-0.1, -0.05) is 48.0 Å². The third-order valence-electron chi connectivity index (χ3n) is 4.46. The number of hydrogen-bond acceptors (Lipinski definition) is 5. The van der Waals surface area contributed by atoms with E-state index in [-0.39, 0.29) is 12.6 Å². The summed E-state index contributed by atoms with van der Waals surface area (Å²) in [5.41, 5.74) is 2.76. The first-order valence-electron chi connectivity index (χ1n) is 8.92. The van der Waals surface area contributed by atoms with E-state index < -0.39 is 23.4 Å². The number of nitrogens with one attached hydrogen (secondary N) is 1. The Hall–Kier alpha value is -2.37. The van der Waals surface area contributed by atoms with Crippen molar-refractivity contribution in [1.82, 2.24) is 5.32 Å². The number of fused-ring (bicyclic) bond motifs is 1. The van der Waals surface area contributed by atoms with E-state index in [0.29, 0.717) is 12.2 Å². The number of carbonyl (C=O) groups is 2. The van der Waals surface area contributed by atoms with Crippen LogP contribution >= 0.6 is 11.6 Å². The van der Waals surface area contributed by atoms with Crippen LogP contribution in [0.1, 0.15) is 29.7 Å². The van der Waals surface area contributed by atoms with Crippen LogP contribution in [0.3, 0.4) is 0 Å². The summed E-state index contributed by atoms with van der Waals surface area (Å²) in [5, 5.41) is 2.31. The topological polar surface area (TPSA) is 64.6 Å². The maximum atomic E-state index is 12.5. The first-order valence-corrected chi connectivity index (χ1v) is 9.36. The van der Waals surface area contributed by atoms with Gasteiger partial charge in [0.25, 0.3) is 0 Å². The number of halogens is 1. The van der Waals surface area contributed by atoms with Gasteiger partial charge in [-0.3, -0.25) is 10.1 Å². The molecule has 27 heavy (non-hydrogen) atoms. The molecule has 3 rings (SSSR count). The van der Waals surface area contributed by atoms with Crippen LogP contribution in [0.4, 0.5) is 0 Å². The van der Waals surface area contributed by atoms with Gasteiger partial charge in [0.15, 0.2) is 5.38 Å². The molecule has 0 spiro atoms. The number of aryl methyl sites for hydroxylation is 1. The molecule has 5 nitrogen and oxygen atoms in total. The van der Waals surface area contributed by atoms with Gasteiger partial charge < -0.3 is 9.47 Å². The van der Waals surface area contributed by atoms with E-state index in [0.717, 1.165) is 16.7 Å². The highest BCUT2D eigenvalue weighted by Gasteiger charge is 2.39. The minimum atomic E-state index is -0.938. The number of esters is 2. The smallest absolute Gasteiger partial charge is 0.331 e. The number of ether oxygens (including phenoxy) is 2. The lowest BCUT2D eigenvalue weighted by molar-refractivity contribution is -0.146. The van der Waals surface area contributed by atoms with Crippen LogP contribution in [0, 0.1) is 6.92 Å². The summed E-state index contributed by atoms with van der Waals surface area (Å²) in [6.45, 7) is 3.99. The molecule has 1 N–H and O–H groups in total. The Kier molecular flexibility index (Phi) is 6.14. The normalized spacial score (nSPS) is 19.7. The van der Waals surface area contributed by atoms with Gasteiger partial charge in [0.1, 0.15) is 11.8 Å².